The van der Waals surface area contributed by atoms with Gasteiger partial charge in [-0.2, -0.15) is 0 Å². The molecule has 0 saturated carbocycles. The molecule has 1 heterocycles. The van der Waals surface area contributed by atoms with Gasteiger partial charge < -0.3 is 9.84 Å². The third kappa shape index (κ3) is 5.03. The summed E-state index contributed by atoms with van der Waals surface area (Å²) in [5, 5.41) is 19.6. The highest BCUT2D eigenvalue weighted by atomic mass is 35.5. The number of halogens is 2. The predicted molar refractivity (Wildman–Crippen MR) is 110 cm³/mol. The molecule has 3 aromatic rings. The average molecular weight is 424 g/mol. The number of aliphatic hydroxyl groups is 1. The van der Waals surface area contributed by atoms with Crippen molar-refractivity contribution in [3.8, 4) is 17.1 Å². The maximum Gasteiger partial charge on any atom is 0.196 e. The van der Waals surface area contributed by atoms with Crippen molar-refractivity contribution in [2.75, 3.05) is 25.6 Å². The fourth-order valence-corrected chi connectivity index (χ4v) is 3.57. The van der Waals surface area contributed by atoms with E-state index in [2.05, 4.69) is 10.2 Å². The molecule has 0 aliphatic carbocycles. The van der Waals surface area contributed by atoms with E-state index in [1.807, 2.05) is 54.0 Å². The molecule has 27 heavy (non-hydrogen) atoms. The first-order valence-corrected chi connectivity index (χ1v) is 10.1. The molecule has 0 fully saturated rings. The Hall–Kier alpha value is -1.57. The second-order valence-corrected chi connectivity index (χ2v) is 7.67. The highest BCUT2D eigenvalue weighted by Crippen LogP contribution is 2.30. The lowest BCUT2D eigenvalue weighted by Crippen LogP contribution is -2.04. The lowest BCUT2D eigenvalue weighted by atomic mass is 10.2. The van der Waals surface area contributed by atoms with Gasteiger partial charge in [-0.1, -0.05) is 41.0 Å². The molecule has 8 heteroatoms. The first-order valence-electron chi connectivity index (χ1n) is 8.39. The Bertz CT molecular complexity index is 900. The molecule has 0 bridgehead atoms. The summed E-state index contributed by atoms with van der Waals surface area (Å²) in [4.78, 5) is 0. The molecule has 0 spiro atoms. The van der Waals surface area contributed by atoms with Gasteiger partial charge in [0.1, 0.15) is 0 Å². The van der Waals surface area contributed by atoms with Crippen LogP contribution in [0.4, 0.5) is 0 Å². The quantitative estimate of drug-likeness (QED) is 0.421. The minimum absolute atomic E-state index is 0.0173. The molecule has 1 aromatic heterocycles. The first-order chi connectivity index (χ1) is 13.1. The minimum atomic E-state index is 0.0173. The van der Waals surface area contributed by atoms with E-state index in [0.717, 1.165) is 22.0 Å². The lowest BCUT2D eigenvalue weighted by molar-refractivity contribution is 0.103. The number of rotatable bonds is 8. The van der Waals surface area contributed by atoms with Gasteiger partial charge in [-0.25, -0.2) is 0 Å². The summed E-state index contributed by atoms with van der Waals surface area (Å²) in [6, 6.07) is 13.4. The van der Waals surface area contributed by atoms with Gasteiger partial charge in [0.15, 0.2) is 11.0 Å². The Morgan fingerprint density at radius 2 is 1.85 bits per heavy atom. The molecule has 0 aliphatic rings. The number of hydrogen-bond donors (Lipinski definition) is 1. The van der Waals surface area contributed by atoms with E-state index in [1.54, 1.807) is 0 Å². The van der Waals surface area contributed by atoms with Crippen LogP contribution >= 0.6 is 35.0 Å². The van der Waals surface area contributed by atoms with E-state index >= 15 is 0 Å². The Balaban J connectivity index is 1.96. The summed E-state index contributed by atoms with van der Waals surface area (Å²) in [6.07, 6.45) is 0. The summed E-state index contributed by atoms with van der Waals surface area (Å²) in [7, 11) is 0. The number of aromatic nitrogens is 3. The van der Waals surface area contributed by atoms with Crippen molar-refractivity contribution in [1.29, 1.82) is 0 Å². The first kappa shape index (κ1) is 20.2. The Morgan fingerprint density at radius 1 is 1.07 bits per heavy atom. The number of thioether (sulfide) groups is 1. The zero-order valence-corrected chi connectivity index (χ0v) is 17.1. The zero-order valence-electron chi connectivity index (χ0n) is 14.7. The van der Waals surface area contributed by atoms with E-state index < -0.39 is 0 Å². The molecule has 0 saturated heterocycles. The van der Waals surface area contributed by atoms with Crippen molar-refractivity contribution < 1.29 is 9.84 Å². The Labute approximate surface area is 172 Å². The summed E-state index contributed by atoms with van der Waals surface area (Å²) in [5.41, 5.74) is 2.81. The van der Waals surface area contributed by atoms with Gasteiger partial charge >= 0.3 is 0 Å². The van der Waals surface area contributed by atoms with Crippen LogP contribution in [0.1, 0.15) is 5.56 Å². The van der Waals surface area contributed by atoms with E-state index in [1.165, 1.54) is 11.8 Å². The van der Waals surface area contributed by atoms with Crippen molar-refractivity contribution in [1.82, 2.24) is 14.8 Å². The van der Waals surface area contributed by atoms with E-state index in [9.17, 15) is 0 Å². The van der Waals surface area contributed by atoms with Crippen LogP contribution in [-0.4, -0.2) is 45.4 Å². The molecule has 0 radical (unpaired) electrons. The Kier molecular flexibility index (Phi) is 7.15. The molecular weight excluding hydrogens is 405 g/mol. The molecule has 2 aromatic carbocycles. The lowest BCUT2D eigenvalue weighted by Gasteiger charge is -2.12. The highest BCUT2D eigenvalue weighted by Gasteiger charge is 2.17. The van der Waals surface area contributed by atoms with Crippen LogP contribution in [0, 0.1) is 6.92 Å². The van der Waals surface area contributed by atoms with Crippen LogP contribution in [0.3, 0.4) is 0 Å². The summed E-state index contributed by atoms with van der Waals surface area (Å²) in [6.45, 7) is 2.83. The fraction of sp³-hybridized carbons (Fsp3) is 0.263. The molecule has 5 nitrogen and oxygen atoms in total. The van der Waals surface area contributed by atoms with Gasteiger partial charge in [0.2, 0.25) is 0 Å². The van der Waals surface area contributed by atoms with Crippen molar-refractivity contribution in [2.24, 2.45) is 0 Å². The monoisotopic (exact) mass is 423 g/mol. The average Bonchev–Trinajstić information content (AvgIpc) is 3.08. The molecule has 0 unspecified atom stereocenters. The normalized spacial score (nSPS) is 11.1. The van der Waals surface area contributed by atoms with Gasteiger partial charge in [-0.05, 0) is 48.9 Å². The molecule has 3 rings (SSSR count). The van der Waals surface area contributed by atoms with Crippen LogP contribution in [0.2, 0.25) is 10.0 Å². The maximum absolute atomic E-state index is 8.79. The standard InChI is InChI=1S/C19H19Cl2N3O2S/c1-13-2-7-16(12-17(13)21)24-18(14-3-5-15(20)6-4-14)22-23-19(24)27-11-10-26-9-8-25/h2-7,12,25H,8-11H2,1H3. The number of nitrogens with zero attached hydrogens (tertiary/aromatic N) is 3. The van der Waals surface area contributed by atoms with Crippen molar-refractivity contribution in [3.63, 3.8) is 0 Å². The van der Waals surface area contributed by atoms with Gasteiger partial charge in [-0.15, -0.1) is 10.2 Å². The second kappa shape index (κ2) is 9.57. The summed E-state index contributed by atoms with van der Waals surface area (Å²) >= 11 is 13.9. The third-order valence-corrected chi connectivity index (χ3v) is 5.40. The number of aryl methyl sites for hydroxylation is 1. The maximum atomic E-state index is 8.79. The zero-order chi connectivity index (χ0) is 19.2. The largest absolute Gasteiger partial charge is 0.394 e. The van der Waals surface area contributed by atoms with Crippen molar-refractivity contribution in [3.05, 3.63) is 58.1 Å². The van der Waals surface area contributed by atoms with Gasteiger partial charge in [0.05, 0.1) is 25.5 Å². The topological polar surface area (TPSA) is 60.2 Å². The molecular formula is C19H19Cl2N3O2S. The van der Waals surface area contributed by atoms with Crippen LogP contribution in [-0.2, 0) is 4.74 Å². The smallest absolute Gasteiger partial charge is 0.196 e. The van der Waals surface area contributed by atoms with E-state index in [-0.39, 0.29) is 6.61 Å². The van der Waals surface area contributed by atoms with E-state index in [0.29, 0.717) is 34.8 Å². The SMILES string of the molecule is Cc1ccc(-n2c(SCCOCCO)nnc2-c2ccc(Cl)cc2)cc1Cl. The Morgan fingerprint density at radius 3 is 2.56 bits per heavy atom. The fourth-order valence-electron chi connectivity index (χ4n) is 2.46. The van der Waals surface area contributed by atoms with E-state index in [4.69, 9.17) is 33.0 Å². The number of benzene rings is 2. The molecule has 0 aliphatic heterocycles. The summed E-state index contributed by atoms with van der Waals surface area (Å²) < 4.78 is 7.30. The van der Waals surface area contributed by atoms with Crippen molar-refractivity contribution in [2.45, 2.75) is 12.1 Å². The second-order valence-electron chi connectivity index (χ2n) is 5.77. The van der Waals surface area contributed by atoms with Gasteiger partial charge in [0, 0.05) is 21.4 Å². The van der Waals surface area contributed by atoms with Crippen LogP contribution in [0.15, 0.2) is 47.6 Å². The van der Waals surface area contributed by atoms with Gasteiger partial charge in [0.25, 0.3) is 0 Å². The molecule has 0 amide bonds. The van der Waals surface area contributed by atoms with Crippen LogP contribution < -0.4 is 0 Å². The summed E-state index contributed by atoms with van der Waals surface area (Å²) in [5.74, 6) is 1.41. The highest BCUT2D eigenvalue weighted by molar-refractivity contribution is 7.99. The molecule has 0 atom stereocenters. The number of hydrogen-bond acceptors (Lipinski definition) is 5. The molecule has 142 valence electrons. The number of ether oxygens (including phenoxy) is 1. The number of aliphatic hydroxyl groups excluding tert-OH is 1. The third-order valence-electron chi connectivity index (χ3n) is 3.84. The predicted octanol–water partition coefficient (Wildman–Crippen LogP) is 4.65. The van der Waals surface area contributed by atoms with Gasteiger partial charge in [-0.3, -0.25) is 4.57 Å². The van der Waals surface area contributed by atoms with Crippen LogP contribution in [0.5, 0.6) is 0 Å². The minimum Gasteiger partial charge on any atom is -0.394 e. The van der Waals surface area contributed by atoms with Crippen molar-refractivity contribution >= 4 is 35.0 Å². The van der Waals surface area contributed by atoms with Crippen LogP contribution in [0.25, 0.3) is 17.1 Å². The molecule has 1 N–H and O–H groups in total.